The van der Waals surface area contributed by atoms with E-state index in [1.807, 2.05) is 18.2 Å². The van der Waals surface area contributed by atoms with Crippen molar-refractivity contribution >= 4 is 17.5 Å². The van der Waals surface area contributed by atoms with Crippen LogP contribution in [0.2, 0.25) is 5.02 Å². The first-order valence-electron chi connectivity index (χ1n) is 10.8. The zero-order valence-electron chi connectivity index (χ0n) is 17.0. The Labute approximate surface area is 177 Å². The minimum absolute atomic E-state index is 0. The molecule has 0 radical (unpaired) electrons. The molecule has 1 amide bonds. The molecule has 4 heteroatoms. The van der Waals surface area contributed by atoms with Gasteiger partial charge in [-0.15, -0.1) is 0 Å². The number of nitrogens with one attached hydrogen (secondary N) is 2. The lowest BCUT2D eigenvalue weighted by atomic mass is 9.62. The van der Waals surface area contributed by atoms with Gasteiger partial charge in [-0.3, -0.25) is 4.79 Å². The van der Waals surface area contributed by atoms with E-state index >= 15 is 0 Å². The first kappa shape index (κ1) is 23.2. The van der Waals surface area contributed by atoms with E-state index in [1.165, 1.54) is 50.5 Å². The van der Waals surface area contributed by atoms with Crippen molar-refractivity contribution in [3.63, 3.8) is 0 Å². The molecule has 0 unspecified atom stereocenters. The van der Waals surface area contributed by atoms with Gasteiger partial charge < -0.3 is 10.6 Å². The summed E-state index contributed by atoms with van der Waals surface area (Å²) in [6, 6.07) is 6.40. The maximum absolute atomic E-state index is 12.8. The number of amides is 1. The van der Waals surface area contributed by atoms with E-state index in [9.17, 15) is 4.79 Å². The summed E-state index contributed by atoms with van der Waals surface area (Å²) in [5.74, 6) is 0.875. The van der Waals surface area contributed by atoms with Crippen LogP contribution in [0.15, 0.2) is 18.2 Å². The first-order valence-corrected chi connectivity index (χ1v) is 11.2. The number of benzene rings is 1. The first-order chi connectivity index (χ1) is 13.0. The number of halogens is 1. The van der Waals surface area contributed by atoms with E-state index in [0.717, 1.165) is 31.8 Å². The van der Waals surface area contributed by atoms with Gasteiger partial charge in [-0.25, -0.2) is 0 Å². The zero-order valence-corrected chi connectivity index (χ0v) is 17.7. The number of carbonyl (C=O) groups excluding carboxylic acids is 1. The van der Waals surface area contributed by atoms with E-state index in [-0.39, 0.29) is 13.3 Å². The van der Waals surface area contributed by atoms with Crippen LogP contribution in [0, 0.1) is 11.3 Å². The minimum Gasteiger partial charge on any atom is -0.351 e. The second-order valence-corrected chi connectivity index (χ2v) is 9.47. The van der Waals surface area contributed by atoms with Crippen LogP contribution in [0.25, 0.3) is 0 Å². The SMILES string of the molecule is C.CC(C)NCCCc1ccc(Cl)c(C(=O)NCC23CCCC(CCC2)C3)c1. The van der Waals surface area contributed by atoms with Crippen molar-refractivity contribution in [2.24, 2.45) is 11.3 Å². The lowest BCUT2D eigenvalue weighted by Crippen LogP contribution is -2.43. The second kappa shape index (κ2) is 10.6. The average Bonchev–Trinajstić information content (AvgIpc) is 2.64. The van der Waals surface area contributed by atoms with Crippen LogP contribution < -0.4 is 10.6 Å². The third-order valence-electron chi connectivity index (χ3n) is 6.45. The molecule has 2 bridgehead atoms. The molecule has 0 spiro atoms. The molecule has 158 valence electrons. The number of hydrogen-bond donors (Lipinski definition) is 2. The lowest BCUT2D eigenvalue weighted by Gasteiger charge is -2.45. The highest BCUT2D eigenvalue weighted by Gasteiger charge is 2.39. The molecule has 2 fully saturated rings. The van der Waals surface area contributed by atoms with Gasteiger partial charge in [-0.1, -0.05) is 64.6 Å². The Bertz CT molecular complexity index is 633. The third kappa shape index (κ3) is 6.22. The Kier molecular flexibility index (Phi) is 8.82. The quantitative estimate of drug-likeness (QED) is 0.520. The van der Waals surface area contributed by atoms with Crippen LogP contribution >= 0.6 is 11.6 Å². The molecule has 0 heterocycles. The van der Waals surface area contributed by atoms with Gasteiger partial charge in [0, 0.05) is 12.6 Å². The topological polar surface area (TPSA) is 41.1 Å². The normalized spacial score (nSPS) is 23.9. The molecule has 3 rings (SSSR count). The fourth-order valence-electron chi connectivity index (χ4n) is 5.02. The van der Waals surface area contributed by atoms with Gasteiger partial charge in [0.25, 0.3) is 5.91 Å². The Hall–Kier alpha value is -1.06. The number of hydrogen-bond acceptors (Lipinski definition) is 2. The summed E-state index contributed by atoms with van der Waals surface area (Å²) in [7, 11) is 0. The predicted octanol–water partition coefficient (Wildman–Crippen LogP) is 6.00. The lowest BCUT2D eigenvalue weighted by molar-refractivity contribution is 0.0682. The number of aryl methyl sites for hydroxylation is 1. The number of fused-ring (bicyclic) bond motifs is 2. The molecule has 28 heavy (non-hydrogen) atoms. The molecule has 0 aromatic heterocycles. The largest absolute Gasteiger partial charge is 0.351 e. The number of carbonyl (C=O) groups is 1. The van der Waals surface area contributed by atoms with E-state index < -0.39 is 0 Å². The number of rotatable bonds is 8. The Balaban J connectivity index is 0.00000280. The highest BCUT2D eigenvalue weighted by molar-refractivity contribution is 6.33. The van der Waals surface area contributed by atoms with E-state index in [0.29, 0.717) is 22.0 Å². The summed E-state index contributed by atoms with van der Waals surface area (Å²) in [6.45, 7) is 6.11. The van der Waals surface area contributed by atoms with Crippen molar-refractivity contribution in [1.82, 2.24) is 10.6 Å². The molecule has 2 aliphatic rings. The van der Waals surface area contributed by atoms with Crippen molar-refractivity contribution in [2.75, 3.05) is 13.1 Å². The van der Waals surface area contributed by atoms with E-state index in [4.69, 9.17) is 11.6 Å². The molecule has 0 saturated heterocycles. The smallest absolute Gasteiger partial charge is 0.252 e. The third-order valence-corrected chi connectivity index (χ3v) is 6.78. The zero-order chi connectivity index (χ0) is 19.3. The van der Waals surface area contributed by atoms with Gasteiger partial charge in [0.2, 0.25) is 0 Å². The average molecular weight is 407 g/mol. The molecule has 2 N–H and O–H groups in total. The summed E-state index contributed by atoms with van der Waals surface area (Å²) >= 11 is 6.35. The van der Waals surface area contributed by atoms with Crippen LogP contribution in [0.3, 0.4) is 0 Å². The summed E-state index contributed by atoms with van der Waals surface area (Å²) in [6.07, 6.45) is 11.3. The Morgan fingerprint density at radius 1 is 1.25 bits per heavy atom. The van der Waals surface area contributed by atoms with Crippen molar-refractivity contribution in [3.05, 3.63) is 34.3 Å². The van der Waals surface area contributed by atoms with E-state index in [1.54, 1.807) is 0 Å². The molecular weight excluding hydrogens is 368 g/mol. The Morgan fingerprint density at radius 2 is 1.96 bits per heavy atom. The maximum Gasteiger partial charge on any atom is 0.252 e. The molecular formula is C24H39ClN2O. The Morgan fingerprint density at radius 3 is 2.64 bits per heavy atom. The molecule has 1 aromatic carbocycles. The molecule has 0 aliphatic heterocycles. The fraction of sp³-hybridized carbons (Fsp3) is 0.708. The van der Waals surface area contributed by atoms with Gasteiger partial charge in [-0.2, -0.15) is 0 Å². The van der Waals surface area contributed by atoms with Crippen molar-refractivity contribution < 1.29 is 4.79 Å². The standard InChI is InChI=1S/C23H35ClN2O.CH4/c1-17(2)25-13-5-8-18-9-10-21(24)20(14-18)22(27)26-16-23-11-3-6-19(15-23)7-4-12-23;/h9-10,14,17,19,25H,3-8,11-13,15-16H2,1-2H3,(H,26,27);1H4. The molecule has 2 saturated carbocycles. The molecule has 1 aromatic rings. The highest BCUT2D eigenvalue weighted by Crippen LogP contribution is 2.48. The molecule has 2 aliphatic carbocycles. The van der Waals surface area contributed by atoms with Crippen LogP contribution in [0.1, 0.15) is 88.6 Å². The predicted molar refractivity (Wildman–Crippen MR) is 120 cm³/mol. The maximum atomic E-state index is 12.8. The van der Waals surface area contributed by atoms with Crippen molar-refractivity contribution in [1.29, 1.82) is 0 Å². The van der Waals surface area contributed by atoms with Gasteiger partial charge in [0.05, 0.1) is 10.6 Å². The highest BCUT2D eigenvalue weighted by atomic mass is 35.5. The van der Waals surface area contributed by atoms with Gasteiger partial charge in [0.15, 0.2) is 0 Å². The fourth-order valence-corrected chi connectivity index (χ4v) is 5.22. The molecule has 3 nitrogen and oxygen atoms in total. The van der Waals surface area contributed by atoms with Crippen LogP contribution in [-0.4, -0.2) is 25.0 Å². The monoisotopic (exact) mass is 406 g/mol. The molecule has 0 atom stereocenters. The van der Waals surface area contributed by atoms with Crippen LogP contribution in [0.5, 0.6) is 0 Å². The van der Waals surface area contributed by atoms with Gasteiger partial charge >= 0.3 is 0 Å². The summed E-state index contributed by atoms with van der Waals surface area (Å²) in [5.41, 5.74) is 2.15. The van der Waals surface area contributed by atoms with E-state index in [2.05, 4.69) is 24.5 Å². The van der Waals surface area contributed by atoms with Gasteiger partial charge in [0.1, 0.15) is 0 Å². The van der Waals surface area contributed by atoms with Gasteiger partial charge in [-0.05, 0) is 67.7 Å². The van der Waals surface area contributed by atoms with Crippen molar-refractivity contribution in [3.8, 4) is 0 Å². The minimum atomic E-state index is -0.00997. The van der Waals surface area contributed by atoms with Crippen LogP contribution in [-0.2, 0) is 6.42 Å². The second-order valence-electron chi connectivity index (χ2n) is 9.06. The summed E-state index contributed by atoms with van der Waals surface area (Å²) in [5, 5.41) is 7.22. The van der Waals surface area contributed by atoms with Crippen LogP contribution in [0.4, 0.5) is 0 Å². The summed E-state index contributed by atoms with van der Waals surface area (Å²) in [4.78, 5) is 12.8. The summed E-state index contributed by atoms with van der Waals surface area (Å²) < 4.78 is 0. The van der Waals surface area contributed by atoms with Crippen molar-refractivity contribution in [2.45, 2.75) is 85.1 Å².